The zero-order valence-corrected chi connectivity index (χ0v) is 11.7. The van der Waals surface area contributed by atoms with Crippen molar-refractivity contribution >= 4 is 5.97 Å². The van der Waals surface area contributed by atoms with Crippen LogP contribution in [-0.2, 0) is 16.0 Å². The zero-order chi connectivity index (χ0) is 15.1. The van der Waals surface area contributed by atoms with Crippen LogP contribution in [0.1, 0.15) is 16.7 Å². The van der Waals surface area contributed by atoms with E-state index in [9.17, 15) is 4.79 Å². The van der Waals surface area contributed by atoms with Crippen LogP contribution < -0.4 is 4.74 Å². The lowest BCUT2D eigenvalue weighted by Gasteiger charge is -2.14. The van der Waals surface area contributed by atoms with Crippen molar-refractivity contribution in [3.05, 3.63) is 39.3 Å². The number of carboxylic acid groups (broad SMARTS) is 1. The highest BCUT2D eigenvalue weighted by atomic mass is 16.7. The molecule has 0 aliphatic carbocycles. The van der Waals surface area contributed by atoms with Crippen molar-refractivity contribution in [3.63, 3.8) is 0 Å². The molecule has 1 aromatic rings. The summed E-state index contributed by atoms with van der Waals surface area (Å²) in [6.07, 6.45) is 0.154. The molecule has 0 unspecified atom stereocenters. The highest BCUT2D eigenvalue weighted by Crippen LogP contribution is 2.24. The van der Waals surface area contributed by atoms with E-state index in [1.165, 1.54) is 7.11 Å². The maximum absolute atomic E-state index is 11.0. The van der Waals surface area contributed by atoms with E-state index in [4.69, 9.17) is 20.1 Å². The summed E-state index contributed by atoms with van der Waals surface area (Å²) in [5.41, 5.74) is 11.0. The van der Waals surface area contributed by atoms with Crippen LogP contribution in [0.3, 0.4) is 0 Å². The molecule has 108 valence electrons. The number of carbonyl (C=O) groups is 1. The normalized spacial score (nSPS) is 11.6. The molecule has 1 atom stereocenters. The van der Waals surface area contributed by atoms with Gasteiger partial charge in [-0.1, -0.05) is 5.11 Å². The standard InChI is InChI=1S/C13H17N3O4/c1-8-4-10(20-7-19-3)5-9(2)11(8)6-12(13(17)18)15-16-14/h4-5,12H,6-7H2,1-3H3,(H,17,18)/t12-/m1/s1. The number of hydrogen-bond acceptors (Lipinski definition) is 4. The number of hydrogen-bond donors (Lipinski definition) is 1. The molecule has 0 aliphatic rings. The number of rotatable bonds is 7. The van der Waals surface area contributed by atoms with Crippen molar-refractivity contribution in [3.8, 4) is 5.75 Å². The number of aryl methyl sites for hydroxylation is 2. The molecule has 7 heteroatoms. The molecule has 0 amide bonds. The van der Waals surface area contributed by atoms with E-state index in [1.807, 2.05) is 13.8 Å². The number of benzene rings is 1. The summed E-state index contributed by atoms with van der Waals surface area (Å²) in [6, 6.07) is 2.50. The lowest BCUT2D eigenvalue weighted by atomic mass is 9.96. The second-order valence-corrected chi connectivity index (χ2v) is 4.35. The van der Waals surface area contributed by atoms with Crippen molar-refractivity contribution in [2.24, 2.45) is 5.11 Å². The zero-order valence-electron chi connectivity index (χ0n) is 11.7. The minimum Gasteiger partial charge on any atom is -0.481 e. The van der Waals surface area contributed by atoms with Gasteiger partial charge in [0.25, 0.3) is 0 Å². The first-order chi connectivity index (χ1) is 9.49. The van der Waals surface area contributed by atoms with Crippen LogP contribution in [0.2, 0.25) is 0 Å². The topological polar surface area (TPSA) is 105 Å². The second-order valence-electron chi connectivity index (χ2n) is 4.35. The van der Waals surface area contributed by atoms with Gasteiger partial charge in [0.05, 0.1) is 0 Å². The van der Waals surface area contributed by atoms with Gasteiger partial charge in [0.15, 0.2) is 6.79 Å². The molecule has 0 bridgehead atoms. The summed E-state index contributed by atoms with van der Waals surface area (Å²) in [4.78, 5) is 13.6. The summed E-state index contributed by atoms with van der Waals surface area (Å²) < 4.78 is 10.2. The SMILES string of the molecule is COCOc1cc(C)c(C[C@@H](N=[N+]=[N-])C(=O)O)c(C)c1. The van der Waals surface area contributed by atoms with Crippen LogP contribution in [0, 0.1) is 13.8 Å². The molecule has 0 aliphatic heterocycles. The molecule has 7 nitrogen and oxygen atoms in total. The van der Waals surface area contributed by atoms with Crippen molar-refractivity contribution in [1.29, 1.82) is 0 Å². The summed E-state index contributed by atoms with van der Waals surface area (Å²) in [6.45, 7) is 3.86. The molecule has 0 spiro atoms. The van der Waals surface area contributed by atoms with Gasteiger partial charge in [-0.25, -0.2) is 0 Å². The molecule has 0 aromatic heterocycles. The van der Waals surface area contributed by atoms with E-state index in [0.717, 1.165) is 16.7 Å². The van der Waals surface area contributed by atoms with E-state index < -0.39 is 12.0 Å². The number of carboxylic acids is 1. The van der Waals surface area contributed by atoms with Gasteiger partial charge in [0, 0.05) is 12.0 Å². The Kier molecular flexibility index (Phi) is 5.83. The first kappa shape index (κ1) is 15.8. The van der Waals surface area contributed by atoms with E-state index in [1.54, 1.807) is 12.1 Å². The molecule has 0 saturated heterocycles. The number of methoxy groups -OCH3 is 1. The highest BCUT2D eigenvalue weighted by molar-refractivity contribution is 5.74. The van der Waals surface area contributed by atoms with Gasteiger partial charge in [-0.05, 0) is 54.6 Å². The van der Waals surface area contributed by atoms with E-state index >= 15 is 0 Å². The number of azide groups is 1. The molecule has 0 radical (unpaired) electrons. The van der Waals surface area contributed by atoms with Crippen LogP contribution >= 0.6 is 0 Å². The van der Waals surface area contributed by atoms with Gasteiger partial charge in [-0.3, -0.25) is 4.79 Å². The fourth-order valence-electron chi connectivity index (χ4n) is 1.92. The Bertz CT molecular complexity index is 513. The Morgan fingerprint density at radius 2 is 2.05 bits per heavy atom. The quantitative estimate of drug-likeness (QED) is 0.358. The van der Waals surface area contributed by atoms with Gasteiger partial charge >= 0.3 is 5.97 Å². The smallest absolute Gasteiger partial charge is 0.312 e. The third kappa shape index (κ3) is 4.15. The summed E-state index contributed by atoms with van der Waals surface area (Å²) in [5.74, 6) is -0.484. The largest absolute Gasteiger partial charge is 0.481 e. The molecule has 0 saturated carbocycles. The Morgan fingerprint density at radius 1 is 1.45 bits per heavy atom. The minimum absolute atomic E-state index is 0.148. The van der Waals surface area contributed by atoms with Gasteiger partial charge < -0.3 is 14.6 Å². The Balaban J connectivity index is 3.01. The summed E-state index contributed by atoms with van der Waals surface area (Å²) in [7, 11) is 1.53. The molecular formula is C13H17N3O4. The Morgan fingerprint density at radius 3 is 2.50 bits per heavy atom. The average molecular weight is 279 g/mol. The van der Waals surface area contributed by atoms with Gasteiger partial charge in [-0.15, -0.1) is 0 Å². The molecular weight excluding hydrogens is 262 g/mol. The maximum atomic E-state index is 11.0. The van der Waals surface area contributed by atoms with Crippen LogP contribution in [0.15, 0.2) is 17.2 Å². The maximum Gasteiger partial charge on any atom is 0.312 e. The van der Waals surface area contributed by atoms with E-state index in [2.05, 4.69) is 10.0 Å². The number of aliphatic carboxylic acids is 1. The molecule has 1 aromatic carbocycles. The fraction of sp³-hybridized carbons (Fsp3) is 0.462. The van der Waals surface area contributed by atoms with Gasteiger partial charge in [-0.2, -0.15) is 0 Å². The predicted molar refractivity (Wildman–Crippen MR) is 72.7 cm³/mol. The third-order valence-corrected chi connectivity index (χ3v) is 2.89. The predicted octanol–water partition coefficient (Wildman–Crippen LogP) is 2.59. The minimum atomic E-state index is -1.14. The van der Waals surface area contributed by atoms with E-state index in [0.29, 0.717) is 5.75 Å². The molecule has 0 heterocycles. The van der Waals surface area contributed by atoms with Gasteiger partial charge in [0.2, 0.25) is 0 Å². The van der Waals surface area contributed by atoms with Crippen LogP contribution in [-0.4, -0.2) is 31.0 Å². The first-order valence-corrected chi connectivity index (χ1v) is 5.98. The van der Waals surface area contributed by atoms with Crippen LogP contribution in [0.25, 0.3) is 10.4 Å². The second kappa shape index (κ2) is 7.37. The Hall–Kier alpha value is -2.24. The van der Waals surface area contributed by atoms with Crippen molar-refractivity contribution in [2.75, 3.05) is 13.9 Å². The molecule has 0 fully saturated rings. The molecule has 1 N–H and O–H groups in total. The van der Waals surface area contributed by atoms with Crippen molar-refractivity contribution < 1.29 is 19.4 Å². The van der Waals surface area contributed by atoms with Crippen LogP contribution in [0.4, 0.5) is 0 Å². The third-order valence-electron chi connectivity index (χ3n) is 2.89. The van der Waals surface area contributed by atoms with E-state index in [-0.39, 0.29) is 13.2 Å². The van der Waals surface area contributed by atoms with Crippen molar-refractivity contribution in [1.82, 2.24) is 0 Å². The highest BCUT2D eigenvalue weighted by Gasteiger charge is 2.18. The molecule has 1 rings (SSSR count). The first-order valence-electron chi connectivity index (χ1n) is 5.98. The molecule has 20 heavy (non-hydrogen) atoms. The summed E-state index contributed by atoms with van der Waals surface area (Å²) >= 11 is 0. The monoisotopic (exact) mass is 279 g/mol. The Labute approximate surface area is 116 Å². The van der Waals surface area contributed by atoms with Gasteiger partial charge in [0.1, 0.15) is 11.8 Å². The lowest BCUT2D eigenvalue weighted by molar-refractivity contribution is -0.138. The van der Waals surface area contributed by atoms with Crippen molar-refractivity contribution in [2.45, 2.75) is 26.3 Å². The van der Waals surface area contributed by atoms with Crippen LogP contribution in [0.5, 0.6) is 5.75 Å². The average Bonchev–Trinajstić information content (AvgIpc) is 2.38. The number of ether oxygens (including phenoxy) is 2. The lowest BCUT2D eigenvalue weighted by Crippen LogP contribution is -2.21. The number of nitrogens with zero attached hydrogens (tertiary/aromatic N) is 3. The fourth-order valence-corrected chi connectivity index (χ4v) is 1.92. The summed E-state index contributed by atoms with van der Waals surface area (Å²) in [5, 5.41) is 12.3.